The van der Waals surface area contributed by atoms with Gasteiger partial charge >= 0.3 is 0 Å². The summed E-state index contributed by atoms with van der Waals surface area (Å²) in [5.74, 6) is -0.413. The summed E-state index contributed by atoms with van der Waals surface area (Å²) in [5.41, 5.74) is 3.64. The zero-order valence-corrected chi connectivity index (χ0v) is 14.2. The van der Waals surface area contributed by atoms with E-state index in [2.05, 4.69) is 21.4 Å². The van der Waals surface area contributed by atoms with Crippen LogP contribution in [-0.4, -0.2) is 20.0 Å². The van der Waals surface area contributed by atoms with Crippen LogP contribution in [0.15, 0.2) is 54.7 Å². The van der Waals surface area contributed by atoms with Crippen molar-refractivity contribution in [2.75, 3.05) is 0 Å². The fourth-order valence-corrected chi connectivity index (χ4v) is 2.90. The highest BCUT2D eigenvalue weighted by atomic mass is 35.5. The van der Waals surface area contributed by atoms with E-state index in [-0.39, 0.29) is 0 Å². The van der Waals surface area contributed by atoms with E-state index in [1.807, 2.05) is 12.1 Å². The van der Waals surface area contributed by atoms with Crippen LogP contribution in [0.4, 0.5) is 4.39 Å². The first-order chi connectivity index (χ1) is 12.7. The van der Waals surface area contributed by atoms with E-state index in [0.717, 1.165) is 11.1 Å². The van der Waals surface area contributed by atoms with Crippen LogP contribution in [0.5, 0.6) is 0 Å². The maximum absolute atomic E-state index is 14.0. The molecule has 0 radical (unpaired) electrons. The molecule has 2 heterocycles. The molecule has 0 aliphatic heterocycles. The van der Waals surface area contributed by atoms with Crippen molar-refractivity contribution in [3.8, 4) is 17.3 Å². The molecule has 4 aromatic rings. The summed E-state index contributed by atoms with van der Waals surface area (Å²) in [6.07, 6.45) is 1.67. The number of rotatable bonds is 3. The Kier molecular flexibility index (Phi) is 4.07. The van der Waals surface area contributed by atoms with E-state index in [4.69, 9.17) is 16.9 Å². The molecule has 0 bridgehead atoms. The molecule has 7 heteroatoms. The molecule has 2 aromatic heterocycles. The molecule has 0 fully saturated rings. The molecule has 5 nitrogen and oxygen atoms in total. The summed E-state index contributed by atoms with van der Waals surface area (Å²) in [5, 5.41) is 17.7. The number of aromatic nitrogens is 4. The quantitative estimate of drug-likeness (QED) is 0.547. The Morgan fingerprint density at radius 2 is 2.04 bits per heavy atom. The molecule has 4 rings (SSSR count). The van der Waals surface area contributed by atoms with Gasteiger partial charge in [-0.05, 0) is 42.0 Å². The average Bonchev–Trinajstić information content (AvgIpc) is 3.06. The molecule has 0 aliphatic rings. The molecule has 0 N–H and O–H groups in total. The van der Waals surface area contributed by atoms with Crippen molar-refractivity contribution in [2.45, 2.75) is 6.54 Å². The largest absolute Gasteiger partial charge is 0.256 e. The monoisotopic (exact) mass is 363 g/mol. The van der Waals surface area contributed by atoms with Crippen molar-refractivity contribution in [1.29, 1.82) is 5.26 Å². The van der Waals surface area contributed by atoms with E-state index in [9.17, 15) is 4.39 Å². The fourth-order valence-electron chi connectivity index (χ4n) is 2.75. The van der Waals surface area contributed by atoms with Gasteiger partial charge in [0.1, 0.15) is 17.4 Å². The highest BCUT2D eigenvalue weighted by molar-refractivity contribution is 6.30. The lowest BCUT2D eigenvalue weighted by Gasteiger charge is -2.06. The third-order valence-corrected chi connectivity index (χ3v) is 4.27. The van der Waals surface area contributed by atoms with Crippen molar-refractivity contribution in [1.82, 2.24) is 20.0 Å². The Labute approximate surface area is 153 Å². The zero-order chi connectivity index (χ0) is 18.1. The first-order valence-electron chi connectivity index (χ1n) is 7.78. The molecule has 0 aliphatic carbocycles. The maximum Gasteiger partial charge on any atom is 0.134 e. The standard InChI is InChI=1S/C19H11ClFN5/c20-14-5-6-15(16(21)8-14)17-7-4-12(10-23-17)11-26-18-3-1-2-13(9-22)19(18)24-25-26/h1-8,10H,11H2. The Morgan fingerprint density at radius 1 is 1.15 bits per heavy atom. The minimum Gasteiger partial charge on any atom is -0.256 e. The second-order valence-electron chi connectivity index (χ2n) is 5.71. The molecule has 0 atom stereocenters. The van der Waals surface area contributed by atoms with Gasteiger partial charge in [-0.1, -0.05) is 28.9 Å². The van der Waals surface area contributed by atoms with Gasteiger partial charge in [0.2, 0.25) is 0 Å². The van der Waals surface area contributed by atoms with Crippen LogP contribution in [-0.2, 0) is 6.54 Å². The minimum atomic E-state index is -0.413. The zero-order valence-electron chi connectivity index (χ0n) is 13.4. The lowest BCUT2D eigenvalue weighted by molar-refractivity contribution is 0.630. The van der Waals surface area contributed by atoms with Gasteiger partial charge in [0.15, 0.2) is 0 Å². The van der Waals surface area contributed by atoms with Crippen molar-refractivity contribution in [3.05, 3.63) is 76.7 Å². The molecule has 0 spiro atoms. The normalized spacial score (nSPS) is 10.8. The summed E-state index contributed by atoms with van der Waals surface area (Å²) < 4.78 is 15.7. The fraction of sp³-hybridized carbons (Fsp3) is 0.0526. The van der Waals surface area contributed by atoms with E-state index < -0.39 is 5.82 Å². The Morgan fingerprint density at radius 3 is 2.77 bits per heavy atom. The summed E-state index contributed by atoms with van der Waals surface area (Å²) >= 11 is 5.78. The number of halogens is 2. The molecule has 0 saturated heterocycles. The second-order valence-corrected chi connectivity index (χ2v) is 6.14. The molecular formula is C19H11ClFN5. The third-order valence-electron chi connectivity index (χ3n) is 4.03. The summed E-state index contributed by atoms with van der Waals surface area (Å²) in [4.78, 5) is 4.34. The predicted molar refractivity (Wildman–Crippen MR) is 96.0 cm³/mol. The smallest absolute Gasteiger partial charge is 0.134 e. The first-order valence-corrected chi connectivity index (χ1v) is 8.16. The van der Waals surface area contributed by atoms with Gasteiger partial charge < -0.3 is 0 Å². The van der Waals surface area contributed by atoms with Gasteiger partial charge in [-0.3, -0.25) is 4.98 Å². The summed E-state index contributed by atoms with van der Waals surface area (Å²) in [6.45, 7) is 0.446. The number of benzene rings is 2. The number of pyridine rings is 1. The van der Waals surface area contributed by atoms with Crippen LogP contribution in [0.25, 0.3) is 22.3 Å². The van der Waals surface area contributed by atoms with Crippen LogP contribution in [0, 0.1) is 17.1 Å². The van der Waals surface area contributed by atoms with Gasteiger partial charge in [0.05, 0.1) is 23.3 Å². The van der Waals surface area contributed by atoms with Crippen molar-refractivity contribution >= 4 is 22.6 Å². The number of hydrogen-bond donors (Lipinski definition) is 0. The molecule has 0 unspecified atom stereocenters. The van der Waals surface area contributed by atoms with E-state index >= 15 is 0 Å². The predicted octanol–water partition coefficient (Wildman–Crippen LogP) is 4.21. The Balaban J connectivity index is 1.63. The average molecular weight is 364 g/mol. The minimum absolute atomic E-state index is 0.345. The van der Waals surface area contributed by atoms with Crippen LogP contribution >= 0.6 is 11.6 Å². The van der Waals surface area contributed by atoms with E-state index in [1.54, 1.807) is 41.2 Å². The van der Waals surface area contributed by atoms with Crippen molar-refractivity contribution in [2.24, 2.45) is 0 Å². The van der Waals surface area contributed by atoms with Crippen LogP contribution in [0.1, 0.15) is 11.1 Å². The van der Waals surface area contributed by atoms with E-state index in [1.165, 1.54) is 6.07 Å². The maximum atomic E-state index is 14.0. The van der Waals surface area contributed by atoms with Crippen LogP contribution in [0.3, 0.4) is 0 Å². The molecular weight excluding hydrogens is 353 g/mol. The molecule has 126 valence electrons. The van der Waals surface area contributed by atoms with Gasteiger partial charge in [-0.2, -0.15) is 5.26 Å². The van der Waals surface area contributed by atoms with Crippen molar-refractivity contribution in [3.63, 3.8) is 0 Å². The topological polar surface area (TPSA) is 67.4 Å². The third kappa shape index (κ3) is 2.89. The van der Waals surface area contributed by atoms with Gasteiger partial charge in [0, 0.05) is 16.8 Å². The van der Waals surface area contributed by atoms with Crippen LogP contribution in [0.2, 0.25) is 5.02 Å². The second kappa shape index (κ2) is 6.54. The number of nitrogens with zero attached hydrogens (tertiary/aromatic N) is 5. The first kappa shape index (κ1) is 16.2. The number of fused-ring (bicyclic) bond motifs is 1. The van der Waals surface area contributed by atoms with Gasteiger partial charge in [-0.15, -0.1) is 5.10 Å². The highest BCUT2D eigenvalue weighted by Crippen LogP contribution is 2.24. The Bertz CT molecular complexity index is 1150. The summed E-state index contributed by atoms with van der Waals surface area (Å²) in [7, 11) is 0. The molecule has 0 amide bonds. The number of hydrogen-bond acceptors (Lipinski definition) is 4. The van der Waals surface area contributed by atoms with Crippen LogP contribution < -0.4 is 0 Å². The lowest BCUT2D eigenvalue weighted by atomic mass is 10.1. The molecule has 2 aromatic carbocycles. The highest BCUT2D eigenvalue weighted by Gasteiger charge is 2.10. The Hall–Kier alpha value is -3.30. The number of nitriles is 1. The SMILES string of the molecule is N#Cc1cccc2c1nnn2Cc1ccc(-c2ccc(Cl)cc2F)nc1. The van der Waals surface area contributed by atoms with Gasteiger partial charge in [-0.25, -0.2) is 9.07 Å². The van der Waals surface area contributed by atoms with Crippen molar-refractivity contribution < 1.29 is 4.39 Å². The lowest BCUT2D eigenvalue weighted by Crippen LogP contribution is -2.02. The molecule has 26 heavy (non-hydrogen) atoms. The van der Waals surface area contributed by atoms with Gasteiger partial charge in [0.25, 0.3) is 0 Å². The summed E-state index contributed by atoms with van der Waals surface area (Å²) in [6, 6.07) is 15.6. The van der Waals surface area contributed by atoms with E-state index in [0.29, 0.717) is 33.9 Å². The molecule has 0 saturated carbocycles.